The molecule has 0 saturated carbocycles. The van der Waals surface area contributed by atoms with Crippen LogP contribution < -0.4 is 0 Å². The van der Waals surface area contributed by atoms with E-state index in [1.54, 1.807) is 11.1 Å². The third kappa shape index (κ3) is 4.27. The van der Waals surface area contributed by atoms with Gasteiger partial charge < -0.3 is 0 Å². The minimum Gasteiger partial charge on any atom is -0.179 e. The van der Waals surface area contributed by atoms with Crippen LogP contribution in [-0.4, -0.2) is 17.3 Å². The van der Waals surface area contributed by atoms with Gasteiger partial charge in [0.1, 0.15) is 0 Å². The van der Waals surface area contributed by atoms with Gasteiger partial charge in [-0.2, -0.15) is 37.9 Å². The van der Waals surface area contributed by atoms with Crippen LogP contribution in [0.25, 0.3) is 0 Å². The fourth-order valence-electron chi connectivity index (χ4n) is 2.58. The average molecular weight is 263 g/mol. The van der Waals surface area contributed by atoms with E-state index in [0.717, 1.165) is 23.2 Å². The van der Waals surface area contributed by atoms with Crippen molar-refractivity contribution in [2.45, 2.75) is 38.5 Å². The van der Waals surface area contributed by atoms with Crippen LogP contribution in [0, 0.1) is 5.92 Å². The molecule has 0 bridgehead atoms. The fourth-order valence-corrected chi connectivity index (χ4v) is 3.40. The van der Waals surface area contributed by atoms with Gasteiger partial charge in [0.15, 0.2) is 0 Å². The van der Waals surface area contributed by atoms with Crippen LogP contribution in [0.5, 0.6) is 0 Å². The second kappa shape index (κ2) is 7.97. The van der Waals surface area contributed by atoms with Gasteiger partial charge in [0, 0.05) is 0 Å². The molecule has 1 atom stereocenters. The Morgan fingerprint density at radius 3 is 2.33 bits per heavy atom. The third-order valence-corrected chi connectivity index (χ3v) is 3.96. The van der Waals surface area contributed by atoms with Crippen molar-refractivity contribution in [2.24, 2.45) is 5.92 Å². The van der Waals surface area contributed by atoms with Gasteiger partial charge in [-0.25, -0.2) is 0 Å². The highest BCUT2D eigenvalue weighted by Gasteiger charge is 2.21. The molecule has 0 saturated heterocycles. The van der Waals surface area contributed by atoms with Crippen LogP contribution in [0.2, 0.25) is 0 Å². The molecule has 3 heteroatoms. The number of thiol groups is 3. The lowest BCUT2D eigenvalue weighted by molar-refractivity contribution is 0.471. The second-order valence-electron chi connectivity index (χ2n) is 4.18. The maximum absolute atomic E-state index is 4.38. The highest BCUT2D eigenvalue weighted by Crippen LogP contribution is 2.36. The van der Waals surface area contributed by atoms with Crippen molar-refractivity contribution in [3.8, 4) is 0 Å². The van der Waals surface area contributed by atoms with Gasteiger partial charge in [0.2, 0.25) is 0 Å². The summed E-state index contributed by atoms with van der Waals surface area (Å²) < 4.78 is 0. The minimum atomic E-state index is 0.790. The Labute approximate surface area is 111 Å². The molecule has 0 aromatic carbocycles. The van der Waals surface area contributed by atoms with Crippen molar-refractivity contribution in [3.05, 3.63) is 11.1 Å². The van der Waals surface area contributed by atoms with Crippen molar-refractivity contribution < 1.29 is 0 Å². The zero-order valence-electron chi connectivity index (χ0n) is 9.28. The molecule has 88 valence electrons. The SMILES string of the molecule is SCCC1=C(CCS)C(CCS)CCC1. The molecule has 0 nitrogen and oxygen atoms in total. The molecule has 0 aliphatic heterocycles. The Hall–Kier alpha value is 0.790. The van der Waals surface area contributed by atoms with Gasteiger partial charge in [0.05, 0.1) is 0 Å². The van der Waals surface area contributed by atoms with Gasteiger partial charge in [-0.1, -0.05) is 11.1 Å². The van der Waals surface area contributed by atoms with E-state index in [1.165, 1.54) is 38.5 Å². The summed E-state index contributed by atoms with van der Waals surface area (Å²) in [6.07, 6.45) is 7.60. The van der Waals surface area contributed by atoms with E-state index in [0.29, 0.717) is 0 Å². The van der Waals surface area contributed by atoms with Crippen LogP contribution in [0.4, 0.5) is 0 Å². The molecule has 0 radical (unpaired) electrons. The molecule has 0 aromatic rings. The summed E-state index contributed by atoms with van der Waals surface area (Å²) in [4.78, 5) is 0. The lowest BCUT2D eigenvalue weighted by Gasteiger charge is -2.28. The van der Waals surface area contributed by atoms with Crippen LogP contribution in [-0.2, 0) is 0 Å². The maximum Gasteiger partial charge on any atom is -0.00604 e. The predicted molar refractivity (Wildman–Crippen MR) is 79.8 cm³/mol. The molecule has 1 unspecified atom stereocenters. The first-order valence-corrected chi connectivity index (χ1v) is 7.76. The van der Waals surface area contributed by atoms with Crippen LogP contribution in [0.1, 0.15) is 38.5 Å². The molecular formula is C12H22S3. The van der Waals surface area contributed by atoms with Crippen LogP contribution in [0.15, 0.2) is 11.1 Å². The van der Waals surface area contributed by atoms with Crippen molar-refractivity contribution in [1.29, 1.82) is 0 Å². The van der Waals surface area contributed by atoms with E-state index < -0.39 is 0 Å². The smallest absolute Gasteiger partial charge is 0.00604 e. The number of hydrogen-bond acceptors (Lipinski definition) is 3. The summed E-state index contributed by atoms with van der Waals surface area (Å²) in [5, 5.41) is 0. The Kier molecular flexibility index (Phi) is 7.36. The minimum absolute atomic E-state index is 0.790. The molecular weight excluding hydrogens is 240 g/mol. The molecule has 1 aliphatic rings. The maximum atomic E-state index is 4.38. The zero-order valence-corrected chi connectivity index (χ0v) is 12.0. The highest BCUT2D eigenvalue weighted by atomic mass is 32.1. The molecule has 1 aliphatic carbocycles. The summed E-state index contributed by atoms with van der Waals surface area (Å²) in [7, 11) is 0. The zero-order chi connectivity index (χ0) is 11.1. The normalized spacial score (nSPS) is 22.2. The van der Waals surface area contributed by atoms with Gasteiger partial charge >= 0.3 is 0 Å². The van der Waals surface area contributed by atoms with Crippen molar-refractivity contribution in [2.75, 3.05) is 17.3 Å². The van der Waals surface area contributed by atoms with E-state index in [1.807, 2.05) is 0 Å². The first-order valence-electron chi connectivity index (χ1n) is 5.86. The largest absolute Gasteiger partial charge is 0.179 e. The van der Waals surface area contributed by atoms with E-state index in [-0.39, 0.29) is 0 Å². The Morgan fingerprint density at radius 1 is 1.00 bits per heavy atom. The lowest BCUT2D eigenvalue weighted by Crippen LogP contribution is -2.14. The molecule has 0 heterocycles. The van der Waals surface area contributed by atoms with Gasteiger partial charge in [-0.3, -0.25) is 0 Å². The van der Waals surface area contributed by atoms with Crippen molar-refractivity contribution in [3.63, 3.8) is 0 Å². The van der Waals surface area contributed by atoms with Crippen molar-refractivity contribution in [1.82, 2.24) is 0 Å². The summed E-state index contributed by atoms with van der Waals surface area (Å²) in [6.45, 7) is 0. The number of allylic oxidation sites excluding steroid dienone is 2. The summed E-state index contributed by atoms with van der Waals surface area (Å²) in [5.74, 6) is 3.76. The third-order valence-electron chi connectivity index (χ3n) is 3.25. The molecule has 0 spiro atoms. The van der Waals surface area contributed by atoms with E-state index in [9.17, 15) is 0 Å². The summed E-state index contributed by atoms with van der Waals surface area (Å²) >= 11 is 13.1. The topological polar surface area (TPSA) is 0 Å². The van der Waals surface area contributed by atoms with Crippen LogP contribution >= 0.6 is 37.9 Å². The second-order valence-corrected chi connectivity index (χ2v) is 5.52. The highest BCUT2D eigenvalue weighted by molar-refractivity contribution is 7.80. The van der Waals surface area contributed by atoms with Gasteiger partial charge in [-0.05, 0) is 61.7 Å². The standard InChI is InChI=1S/C12H22S3/c13-7-4-10-2-1-3-11(5-8-14)12(10)6-9-15/h10,13-15H,1-9H2. The molecule has 0 amide bonds. The first-order chi connectivity index (χ1) is 7.33. The lowest BCUT2D eigenvalue weighted by atomic mass is 9.79. The Bertz CT molecular complexity index is 211. The number of hydrogen-bond donors (Lipinski definition) is 3. The predicted octanol–water partition coefficient (Wildman–Crippen LogP) is 4.04. The van der Waals surface area contributed by atoms with E-state index in [2.05, 4.69) is 37.9 Å². The molecule has 1 rings (SSSR count). The first kappa shape index (κ1) is 13.9. The van der Waals surface area contributed by atoms with Gasteiger partial charge in [0.25, 0.3) is 0 Å². The summed E-state index contributed by atoms with van der Waals surface area (Å²) in [6, 6.07) is 0. The van der Waals surface area contributed by atoms with E-state index in [4.69, 9.17) is 0 Å². The molecule has 0 aromatic heterocycles. The van der Waals surface area contributed by atoms with Gasteiger partial charge in [-0.15, -0.1) is 0 Å². The Balaban J connectivity index is 2.74. The monoisotopic (exact) mass is 262 g/mol. The molecule has 0 N–H and O–H groups in total. The average Bonchev–Trinajstić information content (AvgIpc) is 2.23. The summed E-state index contributed by atoms with van der Waals surface area (Å²) in [5.41, 5.74) is 3.37. The molecule has 0 fully saturated rings. The van der Waals surface area contributed by atoms with Crippen LogP contribution in [0.3, 0.4) is 0 Å². The molecule has 15 heavy (non-hydrogen) atoms. The quantitative estimate of drug-likeness (QED) is 0.467. The van der Waals surface area contributed by atoms with Crippen molar-refractivity contribution >= 4 is 37.9 Å². The fraction of sp³-hybridized carbons (Fsp3) is 0.833. The Morgan fingerprint density at radius 2 is 1.73 bits per heavy atom. The number of rotatable bonds is 6. The van der Waals surface area contributed by atoms with E-state index >= 15 is 0 Å².